The smallest absolute Gasteiger partial charge is 0.326 e. The van der Waals surface area contributed by atoms with Crippen LogP contribution in [-0.4, -0.2) is 68.0 Å². The number of hydrogen-bond donors (Lipinski definition) is 7. The van der Waals surface area contributed by atoms with E-state index in [0.29, 0.717) is 16.8 Å². The number of hydrogen-bond acceptors (Lipinski definition) is 7. The summed E-state index contributed by atoms with van der Waals surface area (Å²) in [5.41, 5.74) is 7.87. The van der Waals surface area contributed by atoms with Crippen molar-refractivity contribution in [3.63, 3.8) is 0 Å². The third-order valence-electron chi connectivity index (χ3n) is 6.54. The molecule has 12 heteroatoms. The molecule has 4 atom stereocenters. The van der Waals surface area contributed by atoms with Crippen molar-refractivity contribution in [2.45, 2.75) is 57.3 Å². The van der Waals surface area contributed by atoms with E-state index in [-0.39, 0.29) is 30.9 Å². The van der Waals surface area contributed by atoms with Crippen molar-refractivity contribution in [1.29, 1.82) is 0 Å². The van der Waals surface area contributed by atoms with Crippen LogP contribution in [0.25, 0.3) is 0 Å². The van der Waals surface area contributed by atoms with Crippen LogP contribution in [0.5, 0.6) is 5.75 Å². The van der Waals surface area contributed by atoms with Gasteiger partial charge in [-0.25, -0.2) is 9.78 Å². The number of carboxylic acids is 1. The van der Waals surface area contributed by atoms with E-state index in [4.69, 9.17) is 5.73 Å². The van der Waals surface area contributed by atoms with Gasteiger partial charge in [0.1, 0.15) is 23.9 Å². The molecule has 0 saturated heterocycles. The molecule has 1 aromatic heterocycles. The Hall–Kier alpha value is -4.71. The molecule has 1 heterocycles. The van der Waals surface area contributed by atoms with Crippen molar-refractivity contribution in [3.05, 3.63) is 83.9 Å². The lowest BCUT2D eigenvalue weighted by Crippen LogP contribution is -2.58. The average Bonchev–Trinajstić information content (AvgIpc) is 3.46. The maximum Gasteiger partial charge on any atom is 0.326 e. The van der Waals surface area contributed by atoms with E-state index < -0.39 is 47.9 Å². The van der Waals surface area contributed by atoms with Crippen LogP contribution in [0.2, 0.25) is 0 Å². The quantitative estimate of drug-likeness (QED) is 0.148. The monoisotopic (exact) mass is 564 g/mol. The van der Waals surface area contributed by atoms with Gasteiger partial charge in [0.05, 0.1) is 12.4 Å². The van der Waals surface area contributed by atoms with E-state index >= 15 is 0 Å². The molecule has 0 aliphatic carbocycles. The molecular formula is C29H36N6O6. The fourth-order valence-corrected chi connectivity index (χ4v) is 4.07. The first-order chi connectivity index (χ1) is 19.5. The van der Waals surface area contributed by atoms with Crippen LogP contribution in [0.15, 0.2) is 67.1 Å². The minimum atomic E-state index is -1.26. The van der Waals surface area contributed by atoms with E-state index in [2.05, 4.69) is 25.9 Å². The number of aromatic hydroxyl groups is 1. The van der Waals surface area contributed by atoms with Gasteiger partial charge in [-0.05, 0) is 29.2 Å². The van der Waals surface area contributed by atoms with Gasteiger partial charge in [-0.3, -0.25) is 14.4 Å². The average molecular weight is 565 g/mol. The van der Waals surface area contributed by atoms with Crippen molar-refractivity contribution in [1.82, 2.24) is 25.9 Å². The number of nitrogens with two attached hydrogens (primary N) is 1. The summed E-state index contributed by atoms with van der Waals surface area (Å²) in [6.07, 6.45) is 3.02. The maximum absolute atomic E-state index is 13.5. The molecule has 0 bridgehead atoms. The number of imidazole rings is 1. The largest absolute Gasteiger partial charge is 0.508 e. The highest BCUT2D eigenvalue weighted by atomic mass is 16.4. The van der Waals surface area contributed by atoms with Gasteiger partial charge in [-0.1, -0.05) is 56.3 Å². The number of benzene rings is 2. The Bertz CT molecular complexity index is 1300. The molecule has 4 unspecified atom stereocenters. The Morgan fingerprint density at radius 2 is 1.34 bits per heavy atom. The molecule has 41 heavy (non-hydrogen) atoms. The summed E-state index contributed by atoms with van der Waals surface area (Å²) in [6, 6.07) is 10.5. The molecule has 0 saturated carbocycles. The predicted octanol–water partition coefficient (Wildman–Crippen LogP) is 0.666. The highest BCUT2D eigenvalue weighted by Gasteiger charge is 2.31. The van der Waals surface area contributed by atoms with Gasteiger partial charge in [0.15, 0.2) is 0 Å². The molecule has 0 aliphatic heterocycles. The van der Waals surface area contributed by atoms with Crippen LogP contribution < -0.4 is 21.7 Å². The van der Waals surface area contributed by atoms with Crippen LogP contribution >= 0.6 is 0 Å². The van der Waals surface area contributed by atoms with Gasteiger partial charge in [-0.15, -0.1) is 0 Å². The topological polar surface area (TPSA) is 200 Å². The maximum atomic E-state index is 13.5. The first-order valence-corrected chi connectivity index (χ1v) is 13.2. The Morgan fingerprint density at radius 3 is 1.90 bits per heavy atom. The number of nitrogens with zero attached hydrogens (tertiary/aromatic N) is 1. The standard InChI is InChI=1S/C29H36N6O6/c1-17(2)25(30)28(39)34-23(14-20-15-31-16-32-20)27(38)33-22(12-19-8-10-21(36)11-9-19)26(37)35-24(29(40)41)13-18-6-4-3-5-7-18/h3-11,15-17,22-25,36H,12-14,30H2,1-2H3,(H,31,32)(H,33,38)(H,34,39)(H,35,37)(H,40,41). The number of carboxylic acid groups (broad SMARTS) is 1. The zero-order valence-corrected chi connectivity index (χ0v) is 22.9. The summed E-state index contributed by atoms with van der Waals surface area (Å²) >= 11 is 0. The summed E-state index contributed by atoms with van der Waals surface area (Å²) in [7, 11) is 0. The minimum absolute atomic E-state index is 0.00817. The Labute approximate surface area is 237 Å². The fraction of sp³-hybridized carbons (Fsp3) is 0.345. The summed E-state index contributed by atoms with van der Waals surface area (Å²) in [4.78, 5) is 58.6. The second-order valence-corrected chi connectivity index (χ2v) is 10.1. The Kier molecular flexibility index (Phi) is 11.0. The predicted molar refractivity (Wildman–Crippen MR) is 150 cm³/mol. The second-order valence-electron chi connectivity index (χ2n) is 10.1. The molecule has 0 aliphatic rings. The number of phenols is 1. The Balaban J connectivity index is 1.84. The van der Waals surface area contributed by atoms with Crippen LogP contribution in [-0.2, 0) is 38.4 Å². The van der Waals surface area contributed by atoms with E-state index in [1.54, 1.807) is 56.3 Å². The number of aromatic amines is 1. The summed E-state index contributed by atoms with van der Waals surface area (Å²) in [6.45, 7) is 3.56. The molecule has 0 fully saturated rings. The van der Waals surface area contributed by atoms with Crippen molar-refractivity contribution < 1.29 is 29.4 Å². The zero-order valence-electron chi connectivity index (χ0n) is 22.9. The van der Waals surface area contributed by atoms with Crippen LogP contribution in [0.1, 0.15) is 30.7 Å². The van der Waals surface area contributed by atoms with Crippen LogP contribution in [0, 0.1) is 5.92 Å². The summed E-state index contributed by atoms with van der Waals surface area (Å²) in [5, 5.41) is 27.3. The number of phenolic OH excluding ortho intramolecular Hbond substituents is 1. The Morgan fingerprint density at radius 1 is 0.805 bits per heavy atom. The molecule has 2 aromatic carbocycles. The molecule has 3 aromatic rings. The van der Waals surface area contributed by atoms with E-state index in [1.807, 2.05) is 0 Å². The molecule has 0 radical (unpaired) electrons. The van der Waals surface area contributed by atoms with Gasteiger partial charge >= 0.3 is 5.97 Å². The third kappa shape index (κ3) is 9.46. The van der Waals surface area contributed by atoms with E-state index in [1.165, 1.54) is 24.7 Å². The normalized spacial score (nSPS) is 14.0. The number of rotatable bonds is 14. The molecule has 8 N–H and O–H groups in total. The first-order valence-electron chi connectivity index (χ1n) is 13.2. The molecule has 3 rings (SSSR count). The van der Waals surface area contributed by atoms with Crippen molar-refractivity contribution >= 4 is 23.7 Å². The summed E-state index contributed by atoms with van der Waals surface area (Å²) < 4.78 is 0. The SMILES string of the molecule is CC(C)C(N)C(=O)NC(Cc1cnc[nH]1)C(=O)NC(Cc1ccc(O)cc1)C(=O)NC(Cc1ccccc1)C(=O)O. The highest BCUT2D eigenvalue weighted by Crippen LogP contribution is 2.13. The van der Waals surface area contributed by atoms with E-state index in [0.717, 1.165) is 0 Å². The molecule has 3 amide bonds. The molecular weight excluding hydrogens is 528 g/mol. The molecule has 0 spiro atoms. The molecule has 218 valence electrons. The number of amides is 3. The zero-order chi connectivity index (χ0) is 29.9. The lowest BCUT2D eigenvalue weighted by Gasteiger charge is -2.26. The minimum Gasteiger partial charge on any atom is -0.508 e. The van der Waals surface area contributed by atoms with Gasteiger partial charge in [0.2, 0.25) is 17.7 Å². The lowest BCUT2D eigenvalue weighted by atomic mass is 10.0. The first kappa shape index (κ1) is 30.8. The highest BCUT2D eigenvalue weighted by molar-refractivity contribution is 5.94. The summed E-state index contributed by atoms with van der Waals surface area (Å²) in [5.74, 6) is -3.32. The molecule has 12 nitrogen and oxygen atoms in total. The van der Waals surface area contributed by atoms with Gasteiger partial charge < -0.3 is 36.9 Å². The third-order valence-corrected chi connectivity index (χ3v) is 6.54. The number of carbonyl (C=O) groups is 4. The lowest BCUT2D eigenvalue weighted by molar-refractivity contribution is -0.142. The number of H-pyrrole nitrogens is 1. The number of aliphatic carboxylic acids is 1. The number of carbonyl (C=O) groups excluding carboxylic acids is 3. The van der Waals surface area contributed by atoms with Gasteiger partial charge in [0.25, 0.3) is 0 Å². The van der Waals surface area contributed by atoms with Gasteiger partial charge in [0, 0.05) is 31.2 Å². The van der Waals surface area contributed by atoms with Crippen LogP contribution in [0.3, 0.4) is 0 Å². The van der Waals surface area contributed by atoms with E-state index in [9.17, 15) is 29.4 Å². The fourth-order valence-electron chi connectivity index (χ4n) is 4.07. The van der Waals surface area contributed by atoms with Gasteiger partial charge in [-0.2, -0.15) is 0 Å². The second kappa shape index (κ2) is 14.6. The van der Waals surface area contributed by atoms with Crippen molar-refractivity contribution in [3.8, 4) is 5.75 Å². The number of nitrogens with one attached hydrogen (secondary N) is 4. The van der Waals surface area contributed by atoms with Crippen LogP contribution in [0.4, 0.5) is 0 Å². The van der Waals surface area contributed by atoms with Crippen molar-refractivity contribution in [2.75, 3.05) is 0 Å². The number of aromatic nitrogens is 2. The van der Waals surface area contributed by atoms with Crippen molar-refractivity contribution in [2.24, 2.45) is 11.7 Å².